The highest BCUT2D eigenvalue weighted by molar-refractivity contribution is 5.66. The molecule has 0 aromatic carbocycles. The second-order valence-electron chi connectivity index (χ2n) is 6.96. The molecule has 0 aromatic heterocycles. The summed E-state index contributed by atoms with van der Waals surface area (Å²) in [5, 5.41) is 8.45. The number of carboxylic acids is 1. The van der Waals surface area contributed by atoms with E-state index in [-0.39, 0.29) is 13.0 Å². The summed E-state index contributed by atoms with van der Waals surface area (Å²) in [4.78, 5) is 10.3. The van der Waals surface area contributed by atoms with Crippen LogP contribution in [0.2, 0.25) is 0 Å². The lowest BCUT2D eigenvalue weighted by Gasteiger charge is -2.05. The first kappa shape index (κ1) is 24.4. The molecule has 0 saturated heterocycles. The van der Waals surface area contributed by atoms with Crippen molar-refractivity contribution in [1.82, 2.24) is 0 Å². The van der Waals surface area contributed by atoms with Gasteiger partial charge in [-0.1, -0.05) is 90.4 Å². The predicted octanol–water partition coefficient (Wildman–Crippen LogP) is 5.98. The second-order valence-corrected chi connectivity index (χ2v) is 6.96. The van der Waals surface area contributed by atoms with E-state index in [0.29, 0.717) is 13.2 Å². The average Bonchev–Trinajstić information content (AvgIpc) is 2.60. The quantitative estimate of drug-likeness (QED) is 0.257. The molecular weight excluding hydrogens is 316 g/mol. The van der Waals surface area contributed by atoms with Crippen molar-refractivity contribution in [2.45, 2.75) is 103 Å². The van der Waals surface area contributed by atoms with Crippen molar-refractivity contribution in [1.29, 1.82) is 0 Å². The van der Waals surface area contributed by atoms with Crippen molar-refractivity contribution in [3.63, 3.8) is 0 Å². The predicted molar refractivity (Wildman–Crippen MR) is 104 cm³/mol. The van der Waals surface area contributed by atoms with E-state index >= 15 is 0 Å². The summed E-state index contributed by atoms with van der Waals surface area (Å²) in [5.41, 5.74) is 0. The van der Waals surface area contributed by atoms with Crippen LogP contribution in [0.1, 0.15) is 103 Å². The molecule has 0 aliphatic rings. The first-order valence-corrected chi connectivity index (χ1v) is 10.6. The number of carboxylic acid groups (broad SMARTS) is 1. The Hall–Kier alpha value is -0.610. The van der Waals surface area contributed by atoms with Crippen LogP contribution in [0.15, 0.2) is 0 Å². The van der Waals surface area contributed by atoms with E-state index in [1.807, 2.05) is 0 Å². The summed E-state index contributed by atoms with van der Waals surface area (Å²) >= 11 is 0. The molecule has 0 atom stereocenters. The van der Waals surface area contributed by atoms with Gasteiger partial charge in [-0.25, -0.2) is 0 Å². The van der Waals surface area contributed by atoms with Crippen LogP contribution in [0.3, 0.4) is 0 Å². The number of carbonyl (C=O) groups is 1. The molecule has 150 valence electrons. The molecule has 25 heavy (non-hydrogen) atoms. The number of hydrogen-bond acceptors (Lipinski definition) is 3. The number of ether oxygens (including phenoxy) is 2. The smallest absolute Gasteiger partial charge is 0.305 e. The highest BCUT2D eigenvalue weighted by atomic mass is 16.5. The van der Waals surface area contributed by atoms with Crippen molar-refractivity contribution in [2.75, 3.05) is 26.4 Å². The Morgan fingerprint density at radius 3 is 1.44 bits per heavy atom. The molecule has 0 aliphatic carbocycles. The number of hydrogen-bond donors (Lipinski definition) is 1. The number of unbranched alkanes of at least 4 members (excludes halogenated alkanes) is 13. The van der Waals surface area contributed by atoms with Gasteiger partial charge in [-0.15, -0.1) is 0 Å². The van der Waals surface area contributed by atoms with Crippen LogP contribution in [0, 0.1) is 0 Å². The fourth-order valence-electron chi connectivity index (χ4n) is 2.88. The van der Waals surface area contributed by atoms with E-state index in [2.05, 4.69) is 6.92 Å². The molecule has 0 bridgehead atoms. The van der Waals surface area contributed by atoms with Gasteiger partial charge >= 0.3 is 5.97 Å². The molecule has 0 rings (SSSR count). The molecule has 0 aromatic rings. The number of rotatable bonds is 21. The van der Waals surface area contributed by atoms with Gasteiger partial charge in [0.2, 0.25) is 0 Å². The van der Waals surface area contributed by atoms with Crippen LogP contribution in [-0.4, -0.2) is 37.5 Å². The minimum Gasteiger partial charge on any atom is -0.481 e. The van der Waals surface area contributed by atoms with Crippen LogP contribution >= 0.6 is 0 Å². The Bertz CT molecular complexity index is 269. The van der Waals surface area contributed by atoms with Crippen molar-refractivity contribution < 1.29 is 19.4 Å². The van der Waals surface area contributed by atoms with Crippen LogP contribution < -0.4 is 0 Å². The summed E-state index contributed by atoms with van der Waals surface area (Å²) in [6.07, 6.45) is 19.2. The summed E-state index contributed by atoms with van der Waals surface area (Å²) in [7, 11) is 0. The van der Waals surface area contributed by atoms with Gasteiger partial charge in [-0.05, 0) is 6.42 Å². The van der Waals surface area contributed by atoms with E-state index in [1.165, 1.54) is 83.5 Å². The molecule has 0 saturated carbocycles. The largest absolute Gasteiger partial charge is 0.481 e. The second kappa shape index (κ2) is 21.4. The first-order chi connectivity index (χ1) is 12.3. The average molecular weight is 359 g/mol. The van der Waals surface area contributed by atoms with Gasteiger partial charge in [0, 0.05) is 6.61 Å². The molecule has 0 heterocycles. The minimum atomic E-state index is -0.816. The Labute approximate surface area is 155 Å². The van der Waals surface area contributed by atoms with Gasteiger partial charge in [-0.2, -0.15) is 0 Å². The van der Waals surface area contributed by atoms with Crippen molar-refractivity contribution >= 4 is 5.97 Å². The Morgan fingerprint density at radius 1 is 0.600 bits per heavy atom. The highest BCUT2D eigenvalue weighted by Gasteiger charge is 1.97. The zero-order valence-corrected chi connectivity index (χ0v) is 16.6. The maximum Gasteiger partial charge on any atom is 0.305 e. The highest BCUT2D eigenvalue weighted by Crippen LogP contribution is 2.12. The van der Waals surface area contributed by atoms with Crippen LogP contribution in [0.25, 0.3) is 0 Å². The molecule has 1 N–H and O–H groups in total. The normalized spacial score (nSPS) is 11.1. The summed E-state index contributed by atoms with van der Waals surface area (Å²) in [6.45, 7) is 4.40. The van der Waals surface area contributed by atoms with E-state index in [4.69, 9.17) is 14.6 Å². The molecule has 0 aliphatic heterocycles. The molecule has 0 unspecified atom stereocenters. The monoisotopic (exact) mass is 358 g/mol. The van der Waals surface area contributed by atoms with Crippen molar-refractivity contribution in [2.24, 2.45) is 0 Å². The summed E-state index contributed by atoms with van der Waals surface area (Å²) in [5.74, 6) is -0.816. The van der Waals surface area contributed by atoms with Crippen molar-refractivity contribution in [3.05, 3.63) is 0 Å². The lowest BCUT2D eigenvalue weighted by atomic mass is 10.0. The van der Waals surface area contributed by atoms with E-state index < -0.39 is 5.97 Å². The fourth-order valence-corrected chi connectivity index (χ4v) is 2.88. The molecule has 0 spiro atoms. The van der Waals surface area contributed by atoms with Crippen LogP contribution in [0.5, 0.6) is 0 Å². The van der Waals surface area contributed by atoms with Gasteiger partial charge in [0.1, 0.15) is 0 Å². The molecule has 0 amide bonds. The minimum absolute atomic E-state index is 0.0684. The van der Waals surface area contributed by atoms with E-state index in [9.17, 15) is 4.79 Å². The Kier molecular flexibility index (Phi) is 20.9. The number of aliphatic carboxylic acids is 1. The third-order valence-electron chi connectivity index (χ3n) is 4.47. The zero-order chi connectivity index (χ0) is 18.4. The SMILES string of the molecule is CCCCCCCCCCCCCCCCOCCOCCC(=O)O. The topological polar surface area (TPSA) is 55.8 Å². The van der Waals surface area contributed by atoms with Gasteiger partial charge in [-0.3, -0.25) is 4.79 Å². The van der Waals surface area contributed by atoms with Gasteiger partial charge < -0.3 is 14.6 Å². The van der Waals surface area contributed by atoms with Gasteiger partial charge in [0.15, 0.2) is 0 Å². The lowest BCUT2D eigenvalue weighted by Crippen LogP contribution is -2.08. The zero-order valence-electron chi connectivity index (χ0n) is 16.6. The Morgan fingerprint density at radius 2 is 1.00 bits per heavy atom. The standard InChI is InChI=1S/C21H42O4/c1-2-3-4-5-6-7-8-9-10-11-12-13-14-15-17-24-19-20-25-18-16-21(22)23/h2-20H2,1H3,(H,22,23). The summed E-state index contributed by atoms with van der Waals surface area (Å²) < 4.78 is 10.6. The van der Waals surface area contributed by atoms with Crippen LogP contribution in [-0.2, 0) is 14.3 Å². The molecule has 4 heteroatoms. The van der Waals surface area contributed by atoms with Gasteiger partial charge in [0.25, 0.3) is 0 Å². The summed E-state index contributed by atoms with van der Waals surface area (Å²) in [6, 6.07) is 0. The first-order valence-electron chi connectivity index (χ1n) is 10.6. The molecule has 0 fully saturated rings. The van der Waals surface area contributed by atoms with E-state index in [0.717, 1.165) is 13.0 Å². The molecule has 4 nitrogen and oxygen atoms in total. The maximum atomic E-state index is 10.3. The Balaban J connectivity index is 2.97. The van der Waals surface area contributed by atoms with Gasteiger partial charge in [0.05, 0.1) is 26.2 Å². The maximum absolute atomic E-state index is 10.3. The van der Waals surface area contributed by atoms with Crippen LogP contribution in [0.4, 0.5) is 0 Å². The lowest BCUT2D eigenvalue weighted by molar-refractivity contribution is -0.138. The van der Waals surface area contributed by atoms with Crippen molar-refractivity contribution in [3.8, 4) is 0 Å². The molecular formula is C21H42O4. The third kappa shape index (κ3) is 23.4. The third-order valence-corrected chi connectivity index (χ3v) is 4.47. The molecule has 0 radical (unpaired) electrons. The fraction of sp³-hybridized carbons (Fsp3) is 0.952. The van der Waals surface area contributed by atoms with E-state index in [1.54, 1.807) is 0 Å².